The van der Waals surface area contributed by atoms with E-state index >= 15 is 0 Å². The van der Waals surface area contributed by atoms with E-state index in [2.05, 4.69) is 5.32 Å². The minimum absolute atomic E-state index is 0.0600. The molecule has 0 heterocycles. The average Bonchev–Trinajstić information content (AvgIpc) is 2.72. The zero-order valence-corrected chi connectivity index (χ0v) is 18.7. The highest BCUT2D eigenvalue weighted by molar-refractivity contribution is 14.1. The molecule has 0 saturated heterocycles. The van der Waals surface area contributed by atoms with E-state index in [1.165, 1.54) is 6.08 Å². The number of amides is 1. The van der Waals surface area contributed by atoms with Crippen molar-refractivity contribution < 1.29 is 24.2 Å². The molecule has 0 saturated carbocycles. The number of ether oxygens (including phenoxy) is 2. The predicted molar refractivity (Wildman–Crippen MR) is 120 cm³/mol. The van der Waals surface area contributed by atoms with Crippen LogP contribution < -0.4 is 14.8 Å². The monoisotopic (exact) mass is 520 g/mol. The van der Waals surface area contributed by atoms with E-state index in [1.807, 2.05) is 65.9 Å². The van der Waals surface area contributed by atoms with Crippen LogP contribution in [0.2, 0.25) is 0 Å². The summed E-state index contributed by atoms with van der Waals surface area (Å²) in [5.41, 5.74) is 1.43. The van der Waals surface area contributed by atoms with Crippen molar-refractivity contribution in [3.63, 3.8) is 0 Å². The number of hydrogen-bond donors (Lipinski definition) is 2. The smallest absolute Gasteiger partial charge is 0.341 e. The number of nitriles is 1. The van der Waals surface area contributed by atoms with E-state index < -0.39 is 18.5 Å². The van der Waals surface area contributed by atoms with Crippen molar-refractivity contribution in [2.45, 2.75) is 19.9 Å². The van der Waals surface area contributed by atoms with E-state index in [0.717, 1.165) is 5.56 Å². The van der Waals surface area contributed by atoms with Crippen LogP contribution in [0, 0.1) is 14.9 Å². The topological polar surface area (TPSA) is 109 Å². The fraction of sp³-hybridized carbons (Fsp3) is 0.227. The number of nitrogens with zero attached hydrogens (tertiary/aromatic N) is 1. The Kier molecular flexibility index (Phi) is 8.68. The molecular formula is C22H21IN2O5. The van der Waals surface area contributed by atoms with Crippen LogP contribution >= 0.6 is 22.6 Å². The predicted octanol–water partition coefficient (Wildman–Crippen LogP) is 3.94. The molecule has 2 aromatic rings. The summed E-state index contributed by atoms with van der Waals surface area (Å²) >= 11 is 1.99. The third-order valence-electron chi connectivity index (χ3n) is 3.99. The number of carboxylic acid groups (broad SMARTS) is 1. The second kappa shape index (κ2) is 11.2. The second-order valence-electron chi connectivity index (χ2n) is 6.22. The summed E-state index contributed by atoms with van der Waals surface area (Å²) in [6, 6.07) is 14.4. The van der Waals surface area contributed by atoms with E-state index in [0.29, 0.717) is 27.2 Å². The van der Waals surface area contributed by atoms with Crippen LogP contribution in [0.25, 0.3) is 6.08 Å². The highest BCUT2D eigenvalue weighted by Gasteiger charge is 2.16. The first-order valence-corrected chi connectivity index (χ1v) is 10.2. The Labute approximate surface area is 188 Å². The van der Waals surface area contributed by atoms with Gasteiger partial charge < -0.3 is 19.9 Å². The van der Waals surface area contributed by atoms with Crippen molar-refractivity contribution in [2.75, 3.05) is 13.2 Å². The molecular weight excluding hydrogens is 499 g/mol. The van der Waals surface area contributed by atoms with Gasteiger partial charge in [-0.25, -0.2) is 4.79 Å². The van der Waals surface area contributed by atoms with Crippen molar-refractivity contribution in [1.29, 1.82) is 5.26 Å². The molecule has 2 rings (SSSR count). The lowest BCUT2D eigenvalue weighted by Crippen LogP contribution is -2.27. The molecule has 0 spiro atoms. The molecule has 0 fully saturated rings. The summed E-state index contributed by atoms with van der Waals surface area (Å²) in [6.07, 6.45) is 1.46. The zero-order valence-electron chi connectivity index (χ0n) is 16.5. The molecule has 156 valence electrons. The fourth-order valence-electron chi connectivity index (χ4n) is 2.62. The molecule has 0 aliphatic rings. The van der Waals surface area contributed by atoms with E-state index in [9.17, 15) is 14.9 Å². The van der Waals surface area contributed by atoms with Gasteiger partial charge in [0.05, 0.1) is 16.2 Å². The number of hydrogen-bond acceptors (Lipinski definition) is 5. The van der Waals surface area contributed by atoms with Gasteiger partial charge in [0.1, 0.15) is 11.6 Å². The maximum Gasteiger partial charge on any atom is 0.341 e. The van der Waals surface area contributed by atoms with Gasteiger partial charge in [-0.1, -0.05) is 30.3 Å². The lowest BCUT2D eigenvalue weighted by molar-refractivity contribution is -0.139. The van der Waals surface area contributed by atoms with Gasteiger partial charge in [0.25, 0.3) is 5.91 Å². The van der Waals surface area contributed by atoms with Gasteiger partial charge in [0.2, 0.25) is 0 Å². The van der Waals surface area contributed by atoms with E-state index in [4.69, 9.17) is 14.6 Å². The summed E-state index contributed by atoms with van der Waals surface area (Å²) in [5, 5.41) is 21.1. The van der Waals surface area contributed by atoms with Crippen LogP contribution in [-0.4, -0.2) is 30.2 Å². The van der Waals surface area contributed by atoms with Gasteiger partial charge in [-0.3, -0.25) is 4.79 Å². The van der Waals surface area contributed by atoms with Crippen LogP contribution in [0.3, 0.4) is 0 Å². The van der Waals surface area contributed by atoms with Crippen LogP contribution in [0.5, 0.6) is 11.5 Å². The van der Waals surface area contributed by atoms with E-state index in [-0.39, 0.29) is 11.6 Å². The molecule has 2 aromatic carbocycles. The van der Waals surface area contributed by atoms with Gasteiger partial charge in [-0.2, -0.15) is 5.26 Å². The Hall–Kier alpha value is -3.06. The van der Waals surface area contributed by atoms with Crippen LogP contribution in [0.15, 0.2) is 48.0 Å². The number of aliphatic carboxylic acids is 1. The van der Waals surface area contributed by atoms with Gasteiger partial charge in [0.15, 0.2) is 18.1 Å². The number of benzene rings is 2. The number of carboxylic acids is 1. The Balaban J connectivity index is 2.28. The first-order valence-electron chi connectivity index (χ1n) is 9.14. The van der Waals surface area contributed by atoms with Crippen LogP contribution in [0.4, 0.5) is 0 Å². The first-order chi connectivity index (χ1) is 14.3. The molecule has 2 N–H and O–H groups in total. The minimum atomic E-state index is -1.10. The van der Waals surface area contributed by atoms with Crippen molar-refractivity contribution in [3.8, 4) is 17.6 Å². The number of nitrogens with one attached hydrogen (secondary N) is 1. The number of rotatable bonds is 9. The van der Waals surface area contributed by atoms with Gasteiger partial charge in [-0.15, -0.1) is 0 Å². The second-order valence-corrected chi connectivity index (χ2v) is 7.38. The third kappa shape index (κ3) is 6.49. The molecule has 0 aromatic heterocycles. The zero-order chi connectivity index (χ0) is 22.1. The van der Waals surface area contributed by atoms with Crippen molar-refractivity contribution in [2.24, 2.45) is 0 Å². The Morgan fingerprint density at radius 1 is 1.27 bits per heavy atom. The maximum absolute atomic E-state index is 12.6. The van der Waals surface area contributed by atoms with E-state index in [1.54, 1.807) is 19.1 Å². The molecule has 30 heavy (non-hydrogen) atoms. The molecule has 0 bridgehead atoms. The molecule has 0 radical (unpaired) electrons. The standard InChI is InChI=1S/C22H21IN2O5/c1-3-29-19-11-15(10-18(23)21(19)30-13-20(26)27)9-17(12-24)22(28)25-14(2)16-7-5-4-6-8-16/h4-11,14H,3,13H2,1-2H3,(H,25,28)(H,26,27)/b17-9+/t14-/m1/s1. The van der Waals surface area contributed by atoms with Gasteiger partial charge in [-0.05, 0) is 65.8 Å². The number of carbonyl (C=O) groups is 2. The van der Waals surface area contributed by atoms with Crippen LogP contribution in [0.1, 0.15) is 31.0 Å². The summed E-state index contributed by atoms with van der Waals surface area (Å²) in [4.78, 5) is 23.4. The molecule has 1 atom stereocenters. The highest BCUT2D eigenvalue weighted by Crippen LogP contribution is 2.35. The summed E-state index contributed by atoms with van der Waals surface area (Å²) in [6.45, 7) is 3.46. The molecule has 7 nitrogen and oxygen atoms in total. The lowest BCUT2D eigenvalue weighted by Gasteiger charge is -2.15. The quantitative estimate of drug-likeness (QED) is 0.295. The number of carbonyl (C=O) groups excluding carboxylic acids is 1. The summed E-state index contributed by atoms with van der Waals surface area (Å²) in [5.74, 6) is -0.953. The molecule has 0 aliphatic heterocycles. The first kappa shape index (κ1) is 23.2. The summed E-state index contributed by atoms with van der Waals surface area (Å²) in [7, 11) is 0. The SMILES string of the molecule is CCOc1cc(/C=C(\C#N)C(=O)N[C@H](C)c2ccccc2)cc(I)c1OCC(=O)O. The molecule has 1 amide bonds. The fourth-order valence-corrected chi connectivity index (χ4v) is 3.40. The van der Waals surface area contributed by atoms with Gasteiger partial charge >= 0.3 is 5.97 Å². The highest BCUT2D eigenvalue weighted by atomic mass is 127. The van der Waals surface area contributed by atoms with Crippen molar-refractivity contribution >= 4 is 40.5 Å². The van der Waals surface area contributed by atoms with Crippen molar-refractivity contribution in [3.05, 3.63) is 62.7 Å². The Morgan fingerprint density at radius 2 is 1.97 bits per heavy atom. The third-order valence-corrected chi connectivity index (χ3v) is 4.80. The lowest BCUT2D eigenvalue weighted by atomic mass is 10.1. The number of halogens is 1. The summed E-state index contributed by atoms with van der Waals surface area (Å²) < 4.78 is 11.5. The molecule has 0 aliphatic carbocycles. The van der Waals surface area contributed by atoms with Gasteiger partial charge in [0, 0.05) is 0 Å². The normalized spacial score (nSPS) is 11.9. The van der Waals surface area contributed by atoms with Crippen LogP contribution in [-0.2, 0) is 9.59 Å². The minimum Gasteiger partial charge on any atom is -0.490 e. The molecule has 8 heteroatoms. The Bertz CT molecular complexity index is 983. The van der Waals surface area contributed by atoms with Crippen molar-refractivity contribution in [1.82, 2.24) is 5.32 Å². The Morgan fingerprint density at radius 3 is 2.57 bits per heavy atom. The molecule has 0 unspecified atom stereocenters. The largest absolute Gasteiger partial charge is 0.490 e. The maximum atomic E-state index is 12.6. The average molecular weight is 520 g/mol.